The number of nitrogens with one attached hydrogen (secondary N) is 1. The van der Waals surface area contributed by atoms with Gasteiger partial charge in [0.25, 0.3) is 0 Å². The van der Waals surface area contributed by atoms with Crippen LogP contribution >= 0.6 is 0 Å². The zero-order chi connectivity index (χ0) is 14.3. The Bertz CT molecular complexity index is 282. The number of carboxylic acids is 1. The van der Waals surface area contributed by atoms with Gasteiger partial charge in [-0.3, -0.25) is 4.79 Å². The molecular weight excluding hydrogens is 244 g/mol. The number of likely N-dealkylation sites (N-methyl/N-ethyl adjacent to an activating group) is 1. The van der Waals surface area contributed by atoms with Crippen LogP contribution in [0.25, 0.3) is 0 Å². The molecule has 5 heteroatoms. The quantitative estimate of drug-likeness (QED) is 0.653. The Hall–Kier alpha value is -0.650. The van der Waals surface area contributed by atoms with E-state index in [4.69, 9.17) is 4.74 Å². The van der Waals surface area contributed by atoms with E-state index in [1.165, 1.54) is 0 Å². The van der Waals surface area contributed by atoms with Crippen molar-refractivity contribution in [3.63, 3.8) is 0 Å². The number of hydrogen-bond acceptors (Lipinski definition) is 4. The van der Waals surface area contributed by atoms with Crippen LogP contribution in [-0.4, -0.2) is 61.4 Å². The van der Waals surface area contributed by atoms with Crippen molar-refractivity contribution in [3.8, 4) is 0 Å². The fourth-order valence-electron chi connectivity index (χ4n) is 3.03. The summed E-state index contributed by atoms with van der Waals surface area (Å²) in [4.78, 5) is 13.9. The summed E-state index contributed by atoms with van der Waals surface area (Å²) in [7, 11) is 3.80. The third-order valence-electron chi connectivity index (χ3n) is 4.13. The molecule has 0 aromatic carbocycles. The molecule has 0 bridgehead atoms. The molecule has 1 rings (SSSR count). The SMILES string of the molecule is CCNC1(C(=O)O)CCCC(N(C)CCCOC)C1. The van der Waals surface area contributed by atoms with Crippen molar-refractivity contribution in [2.75, 3.05) is 33.9 Å². The molecule has 2 N–H and O–H groups in total. The number of carboxylic acid groups (broad SMARTS) is 1. The van der Waals surface area contributed by atoms with E-state index in [0.717, 1.165) is 38.8 Å². The van der Waals surface area contributed by atoms with Gasteiger partial charge in [0.15, 0.2) is 0 Å². The fourth-order valence-corrected chi connectivity index (χ4v) is 3.03. The zero-order valence-electron chi connectivity index (χ0n) is 12.4. The van der Waals surface area contributed by atoms with E-state index >= 15 is 0 Å². The molecule has 0 spiro atoms. The van der Waals surface area contributed by atoms with E-state index in [9.17, 15) is 9.90 Å². The molecule has 5 nitrogen and oxygen atoms in total. The van der Waals surface area contributed by atoms with Gasteiger partial charge in [0.05, 0.1) is 0 Å². The van der Waals surface area contributed by atoms with Crippen LogP contribution in [0.4, 0.5) is 0 Å². The van der Waals surface area contributed by atoms with Gasteiger partial charge in [0.1, 0.15) is 5.54 Å². The lowest BCUT2D eigenvalue weighted by atomic mass is 9.78. The van der Waals surface area contributed by atoms with Crippen LogP contribution in [0.15, 0.2) is 0 Å². The molecule has 2 unspecified atom stereocenters. The van der Waals surface area contributed by atoms with E-state index in [2.05, 4.69) is 17.3 Å². The standard InChI is InChI=1S/C14H28N2O3/c1-4-15-14(13(17)18)8-5-7-12(11-14)16(2)9-6-10-19-3/h12,15H,4-11H2,1-3H3,(H,17,18). The summed E-state index contributed by atoms with van der Waals surface area (Å²) in [6, 6.07) is 0.348. The number of rotatable bonds is 8. The van der Waals surface area contributed by atoms with E-state index in [1.54, 1.807) is 7.11 Å². The second-order valence-corrected chi connectivity index (χ2v) is 5.49. The first-order valence-corrected chi connectivity index (χ1v) is 7.23. The highest BCUT2D eigenvalue weighted by Gasteiger charge is 2.43. The molecule has 0 aliphatic heterocycles. The minimum absolute atomic E-state index is 0.348. The van der Waals surface area contributed by atoms with Crippen LogP contribution in [0, 0.1) is 0 Å². The van der Waals surface area contributed by atoms with Gasteiger partial charge in [0, 0.05) is 26.3 Å². The summed E-state index contributed by atoms with van der Waals surface area (Å²) in [5.41, 5.74) is -0.729. The predicted octanol–water partition coefficient (Wildman–Crippen LogP) is 1.33. The monoisotopic (exact) mass is 272 g/mol. The average Bonchev–Trinajstić information content (AvgIpc) is 2.39. The topological polar surface area (TPSA) is 61.8 Å². The van der Waals surface area contributed by atoms with Crippen molar-refractivity contribution in [2.24, 2.45) is 0 Å². The third kappa shape index (κ3) is 4.44. The van der Waals surface area contributed by atoms with Crippen molar-refractivity contribution in [1.29, 1.82) is 0 Å². The molecule has 1 aliphatic rings. The van der Waals surface area contributed by atoms with Gasteiger partial charge in [-0.05, 0) is 45.7 Å². The highest BCUT2D eigenvalue weighted by molar-refractivity contribution is 5.79. The Morgan fingerprint density at radius 2 is 2.32 bits per heavy atom. The minimum atomic E-state index is -0.729. The molecule has 0 aromatic rings. The molecule has 0 aromatic heterocycles. The van der Waals surface area contributed by atoms with Crippen LogP contribution in [0.1, 0.15) is 39.0 Å². The van der Waals surface area contributed by atoms with Gasteiger partial charge >= 0.3 is 5.97 Å². The van der Waals surface area contributed by atoms with Crippen molar-refractivity contribution in [2.45, 2.75) is 50.6 Å². The van der Waals surface area contributed by atoms with Crippen molar-refractivity contribution in [1.82, 2.24) is 10.2 Å². The molecule has 19 heavy (non-hydrogen) atoms. The number of ether oxygens (including phenoxy) is 1. The predicted molar refractivity (Wildman–Crippen MR) is 75.4 cm³/mol. The lowest BCUT2D eigenvalue weighted by Gasteiger charge is -2.41. The third-order valence-corrected chi connectivity index (χ3v) is 4.13. The van der Waals surface area contributed by atoms with Gasteiger partial charge < -0.3 is 20.1 Å². The molecular formula is C14H28N2O3. The molecule has 0 heterocycles. The maximum Gasteiger partial charge on any atom is 0.323 e. The first-order chi connectivity index (χ1) is 9.05. The average molecular weight is 272 g/mol. The molecule has 0 saturated heterocycles. The number of aliphatic carboxylic acids is 1. The van der Waals surface area contributed by atoms with Crippen LogP contribution in [0.2, 0.25) is 0 Å². The van der Waals surface area contributed by atoms with Crippen LogP contribution in [0.5, 0.6) is 0 Å². The Balaban J connectivity index is 2.58. The Labute approximate surface area is 116 Å². The van der Waals surface area contributed by atoms with Gasteiger partial charge in [-0.25, -0.2) is 0 Å². The van der Waals surface area contributed by atoms with Gasteiger partial charge in [-0.2, -0.15) is 0 Å². The summed E-state index contributed by atoms with van der Waals surface area (Å²) in [5, 5.41) is 12.7. The van der Waals surface area contributed by atoms with Gasteiger partial charge in [0.2, 0.25) is 0 Å². The lowest BCUT2D eigenvalue weighted by Crippen LogP contribution is -2.58. The van der Waals surface area contributed by atoms with Crippen molar-refractivity contribution in [3.05, 3.63) is 0 Å². The summed E-state index contributed by atoms with van der Waals surface area (Å²) in [6.07, 6.45) is 4.48. The summed E-state index contributed by atoms with van der Waals surface area (Å²) in [6.45, 7) is 4.39. The Morgan fingerprint density at radius 1 is 1.58 bits per heavy atom. The maximum absolute atomic E-state index is 11.6. The largest absolute Gasteiger partial charge is 0.480 e. The van der Waals surface area contributed by atoms with Crippen LogP contribution in [0.3, 0.4) is 0 Å². The van der Waals surface area contributed by atoms with Crippen molar-refractivity contribution >= 4 is 5.97 Å². The molecule has 2 atom stereocenters. The summed E-state index contributed by atoms with van der Waals surface area (Å²) < 4.78 is 5.06. The number of methoxy groups -OCH3 is 1. The molecule has 1 saturated carbocycles. The second kappa shape index (κ2) is 7.82. The van der Waals surface area contributed by atoms with E-state index in [0.29, 0.717) is 19.0 Å². The second-order valence-electron chi connectivity index (χ2n) is 5.49. The normalized spacial score (nSPS) is 27.7. The minimum Gasteiger partial charge on any atom is -0.480 e. The van der Waals surface area contributed by atoms with E-state index in [-0.39, 0.29) is 0 Å². The number of carbonyl (C=O) groups is 1. The van der Waals surface area contributed by atoms with E-state index < -0.39 is 11.5 Å². The molecule has 0 amide bonds. The smallest absolute Gasteiger partial charge is 0.323 e. The molecule has 112 valence electrons. The molecule has 0 radical (unpaired) electrons. The maximum atomic E-state index is 11.6. The number of hydrogen-bond donors (Lipinski definition) is 2. The highest BCUT2D eigenvalue weighted by atomic mass is 16.5. The first-order valence-electron chi connectivity index (χ1n) is 7.23. The molecule has 1 aliphatic carbocycles. The van der Waals surface area contributed by atoms with Crippen LogP contribution in [-0.2, 0) is 9.53 Å². The van der Waals surface area contributed by atoms with E-state index in [1.807, 2.05) is 6.92 Å². The van der Waals surface area contributed by atoms with Gasteiger partial charge in [-0.15, -0.1) is 0 Å². The van der Waals surface area contributed by atoms with Crippen molar-refractivity contribution < 1.29 is 14.6 Å². The molecule has 1 fully saturated rings. The summed E-state index contributed by atoms with van der Waals surface area (Å²) in [5.74, 6) is -0.704. The van der Waals surface area contributed by atoms with Gasteiger partial charge in [-0.1, -0.05) is 6.92 Å². The number of nitrogens with zero attached hydrogens (tertiary/aromatic N) is 1. The highest BCUT2D eigenvalue weighted by Crippen LogP contribution is 2.31. The summed E-state index contributed by atoms with van der Waals surface area (Å²) >= 11 is 0. The Morgan fingerprint density at radius 3 is 2.89 bits per heavy atom. The van der Waals surface area contributed by atoms with Crippen LogP contribution < -0.4 is 5.32 Å². The fraction of sp³-hybridized carbons (Fsp3) is 0.929. The Kier molecular flexibility index (Phi) is 6.75. The zero-order valence-corrected chi connectivity index (χ0v) is 12.4. The lowest BCUT2D eigenvalue weighted by molar-refractivity contribution is -0.147. The first kappa shape index (κ1) is 16.4.